The molecule has 1 saturated heterocycles. The molecule has 0 spiro atoms. The summed E-state index contributed by atoms with van der Waals surface area (Å²) in [6, 6.07) is 16.2. The van der Waals surface area contributed by atoms with E-state index in [-0.39, 0.29) is 5.56 Å². The molecule has 1 aliphatic rings. The molecule has 0 amide bonds. The van der Waals surface area contributed by atoms with E-state index in [9.17, 15) is 4.79 Å². The van der Waals surface area contributed by atoms with Crippen LogP contribution in [0.3, 0.4) is 0 Å². The Balaban J connectivity index is 1.38. The molecular weight excluding hydrogens is 324 g/mol. The van der Waals surface area contributed by atoms with Gasteiger partial charge in [0.1, 0.15) is 39.3 Å². The maximum absolute atomic E-state index is 12.2. The smallest absolute Gasteiger partial charge is 0.258 e. The van der Waals surface area contributed by atoms with E-state index in [1.165, 1.54) is 16.0 Å². The molecule has 2 heterocycles. The second-order valence-corrected chi connectivity index (χ2v) is 7.31. The van der Waals surface area contributed by atoms with Crippen LogP contribution >= 0.6 is 0 Å². The van der Waals surface area contributed by atoms with Crippen molar-refractivity contribution < 1.29 is 9.80 Å². The zero-order valence-corrected chi connectivity index (χ0v) is 15.2. The molecule has 26 heavy (non-hydrogen) atoms. The van der Waals surface area contributed by atoms with Crippen molar-refractivity contribution in [3.05, 3.63) is 75.8 Å². The highest BCUT2D eigenvalue weighted by molar-refractivity contribution is 5.77. The molecule has 0 saturated carbocycles. The largest absolute Gasteiger partial charge is 0.322 e. The summed E-state index contributed by atoms with van der Waals surface area (Å²) in [5, 5.41) is 0.666. The first-order chi connectivity index (χ1) is 12.7. The van der Waals surface area contributed by atoms with Gasteiger partial charge in [0, 0.05) is 5.56 Å². The van der Waals surface area contributed by atoms with E-state index in [0.29, 0.717) is 5.39 Å². The van der Waals surface area contributed by atoms with Crippen molar-refractivity contribution in [1.29, 1.82) is 0 Å². The van der Waals surface area contributed by atoms with Gasteiger partial charge in [0.15, 0.2) is 5.82 Å². The van der Waals surface area contributed by atoms with Gasteiger partial charge in [-0.2, -0.15) is 0 Å². The van der Waals surface area contributed by atoms with E-state index in [1.54, 1.807) is 4.90 Å². The molecule has 1 fully saturated rings. The molecule has 3 N–H and O–H groups in total. The fourth-order valence-corrected chi connectivity index (χ4v) is 3.84. The van der Waals surface area contributed by atoms with Crippen LogP contribution in [-0.2, 0) is 13.1 Å². The van der Waals surface area contributed by atoms with Gasteiger partial charge in [0.2, 0.25) is 0 Å². The number of quaternary nitrogens is 2. The van der Waals surface area contributed by atoms with Gasteiger partial charge in [-0.25, -0.2) is 4.98 Å². The molecule has 0 atom stereocenters. The number of nitrogens with one attached hydrogen (secondary N) is 3. The number of hydrogen-bond acceptors (Lipinski definition) is 2. The molecule has 0 bridgehead atoms. The van der Waals surface area contributed by atoms with Crippen molar-refractivity contribution in [1.82, 2.24) is 9.97 Å². The summed E-state index contributed by atoms with van der Waals surface area (Å²) >= 11 is 0. The monoisotopic (exact) mass is 350 g/mol. The highest BCUT2D eigenvalue weighted by atomic mass is 16.1. The number of hydrogen-bond donors (Lipinski definition) is 3. The topological polar surface area (TPSA) is 54.6 Å². The van der Waals surface area contributed by atoms with Crippen molar-refractivity contribution >= 4 is 10.9 Å². The maximum atomic E-state index is 12.2. The second kappa shape index (κ2) is 7.40. The van der Waals surface area contributed by atoms with Gasteiger partial charge in [0.25, 0.3) is 5.56 Å². The Labute approximate surface area is 153 Å². The maximum Gasteiger partial charge on any atom is 0.258 e. The minimum Gasteiger partial charge on any atom is -0.322 e. The Morgan fingerprint density at radius 2 is 1.58 bits per heavy atom. The number of rotatable bonds is 4. The van der Waals surface area contributed by atoms with Gasteiger partial charge >= 0.3 is 0 Å². The number of fused-ring (bicyclic) bond motifs is 1. The van der Waals surface area contributed by atoms with E-state index in [2.05, 4.69) is 41.2 Å². The molecule has 0 radical (unpaired) electrons. The summed E-state index contributed by atoms with van der Waals surface area (Å²) in [6.45, 7) is 8.61. The molecule has 5 nitrogen and oxygen atoms in total. The predicted octanol–water partition coefficient (Wildman–Crippen LogP) is -0.285. The van der Waals surface area contributed by atoms with Crippen molar-refractivity contribution in [3.8, 4) is 0 Å². The van der Waals surface area contributed by atoms with Crippen LogP contribution in [0.15, 0.2) is 53.3 Å². The average Bonchev–Trinajstić information content (AvgIpc) is 2.65. The number of nitrogens with zero attached hydrogens (tertiary/aromatic N) is 1. The summed E-state index contributed by atoms with van der Waals surface area (Å²) in [5.41, 5.74) is 3.59. The molecule has 4 rings (SSSR count). The number of piperazine rings is 1. The standard InChI is InChI=1S/C21H24N4O/c1-16-6-2-3-7-17(16)14-24-10-12-25(13-11-24)15-20-22-19-9-5-4-8-18(19)21(26)23-20/h2-9H,10-15H2,1H3,(H,22,23,26)/p+2. The average molecular weight is 350 g/mol. The highest BCUT2D eigenvalue weighted by Gasteiger charge is 2.24. The van der Waals surface area contributed by atoms with Crippen LogP contribution in [0, 0.1) is 6.92 Å². The molecule has 0 aliphatic carbocycles. The number of aryl methyl sites for hydroxylation is 1. The van der Waals surface area contributed by atoms with Crippen LogP contribution in [0.4, 0.5) is 0 Å². The van der Waals surface area contributed by atoms with Crippen LogP contribution in [0.25, 0.3) is 10.9 Å². The van der Waals surface area contributed by atoms with Crippen molar-refractivity contribution in [2.24, 2.45) is 0 Å². The number of H-pyrrole nitrogens is 1. The minimum absolute atomic E-state index is 0.0335. The molecule has 2 aromatic carbocycles. The molecule has 0 unspecified atom stereocenters. The molecule has 1 aliphatic heterocycles. The van der Waals surface area contributed by atoms with E-state index in [0.717, 1.165) is 50.6 Å². The van der Waals surface area contributed by atoms with Crippen molar-refractivity contribution in [3.63, 3.8) is 0 Å². The first kappa shape index (κ1) is 16.9. The Hall–Kier alpha value is -2.50. The third kappa shape index (κ3) is 3.69. The lowest BCUT2D eigenvalue weighted by Gasteiger charge is -2.29. The Kier molecular flexibility index (Phi) is 4.82. The summed E-state index contributed by atoms with van der Waals surface area (Å²) in [5.74, 6) is 0.797. The van der Waals surface area contributed by atoms with Crippen LogP contribution in [0.5, 0.6) is 0 Å². The van der Waals surface area contributed by atoms with Crippen LogP contribution in [0.1, 0.15) is 17.0 Å². The quantitative estimate of drug-likeness (QED) is 0.606. The zero-order chi connectivity index (χ0) is 17.9. The fourth-order valence-electron chi connectivity index (χ4n) is 3.84. The number of aromatic nitrogens is 2. The minimum atomic E-state index is -0.0335. The van der Waals surface area contributed by atoms with E-state index in [4.69, 9.17) is 0 Å². The normalized spacial score (nSPS) is 20.3. The zero-order valence-electron chi connectivity index (χ0n) is 15.2. The summed E-state index contributed by atoms with van der Waals surface area (Å²) in [6.07, 6.45) is 0. The Morgan fingerprint density at radius 3 is 2.35 bits per heavy atom. The third-order valence-electron chi connectivity index (χ3n) is 5.45. The van der Waals surface area contributed by atoms with E-state index in [1.807, 2.05) is 24.3 Å². The highest BCUT2D eigenvalue weighted by Crippen LogP contribution is 2.05. The number of benzene rings is 2. The lowest BCUT2D eigenvalue weighted by Crippen LogP contribution is -3.27. The molecule has 3 aromatic rings. The Bertz CT molecular complexity index is 957. The number of aromatic amines is 1. The van der Waals surface area contributed by atoms with Gasteiger partial charge < -0.3 is 14.8 Å². The van der Waals surface area contributed by atoms with Crippen LogP contribution in [0.2, 0.25) is 0 Å². The first-order valence-corrected chi connectivity index (χ1v) is 9.38. The predicted molar refractivity (Wildman–Crippen MR) is 102 cm³/mol. The first-order valence-electron chi connectivity index (χ1n) is 9.38. The second-order valence-electron chi connectivity index (χ2n) is 7.31. The third-order valence-corrected chi connectivity index (χ3v) is 5.45. The van der Waals surface area contributed by atoms with Crippen molar-refractivity contribution in [2.75, 3.05) is 26.2 Å². The van der Waals surface area contributed by atoms with E-state index < -0.39 is 0 Å². The summed E-state index contributed by atoms with van der Waals surface area (Å²) in [7, 11) is 0. The molecule has 1 aromatic heterocycles. The lowest BCUT2D eigenvalue weighted by atomic mass is 10.1. The fraction of sp³-hybridized carbons (Fsp3) is 0.333. The van der Waals surface area contributed by atoms with Gasteiger partial charge in [-0.15, -0.1) is 0 Å². The van der Waals surface area contributed by atoms with Crippen molar-refractivity contribution in [2.45, 2.75) is 20.0 Å². The Morgan fingerprint density at radius 1 is 0.923 bits per heavy atom. The molecule has 5 heteroatoms. The van der Waals surface area contributed by atoms with Gasteiger partial charge in [-0.3, -0.25) is 4.79 Å². The van der Waals surface area contributed by atoms with Gasteiger partial charge in [-0.05, 0) is 24.6 Å². The van der Waals surface area contributed by atoms with Gasteiger partial charge in [-0.1, -0.05) is 36.4 Å². The SMILES string of the molecule is Cc1ccccc1C[NH+]1CC[NH+](Cc2nc3ccccc3c(=O)[nH]2)CC1. The van der Waals surface area contributed by atoms with Crippen LogP contribution < -0.4 is 15.4 Å². The van der Waals surface area contributed by atoms with Gasteiger partial charge in [0.05, 0.1) is 10.9 Å². The molecular formula is C21H26N4O+2. The summed E-state index contributed by atoms with van der Waals surface area (Å²) < 4.78 is 0. The van der Waals surface area contributed by atoms with E-state index >= 15 is 0 Å². The molecule has 134 valence electrons. The summed E-state index contributed by atoms with van der Waals surface area (Å²) in [4.78, 5) is 23.0. The lowest BCUT2D eigenvalue weighted by molar-refractivity contribution is -1.02. The van der Waals surface area contributed by atoms with Crippen LogP contribution in [-0.4, -0.2) is 36.1 Å². The number of para-hydroxylation sites is 1.